The molecule has 0 bridgehead atoms. The molecule has 8 heteroatoms. The van der Waals surface area contributed by atoms with Crippen LogP contribution in [0.5, 0.6) is 0 Å². The number of furan rings is 1. The Morgan fingerprint density at radius 1 is 1.03 bits per heavy atom. The fraction of sp³-hybridized carbons (Fsp3) is 0.429. The van der Waals surface area contributed by atoms with Crippen molar-refractivity contribution in [2.45, 2.75) is 62.9 Å². The van der Waals surface area contributed by atoms with E-state index in [4.69, 9.17) is 9.62 Å². The summed E-state index contributed by atoms with van der Waals surface area (Å²) in [6.07, 6.45) is 7.31. The highest BCUT2D eigenvalue weighted by atomic mass is 32.2. The first kappa shape index (κ1) is 18.5. The molecule has 0 saturated heterocycles. The van der Waals surface area contributed by atoms with Gasteiger partial charge in [-0.15, -0.1) is 0 Å². The minimum atomic E-state index is -0.352. The molecule has 152 valence electrons. The molecule has 3 aliphatic rings. The molecule has 5 rings (SSSR count). The highest BCUT2D eigenvalue weighted by Gasteiger charge is 2.30. The van der Waals surface area contributed by atoms with Gasteiger partial charge in [0.2, 0.25) is 0 Å². The second-order valence-electron chi connectivity index (χ2n) is 7.77. The Labute approximate surface area is 172 Å². The van der Waals surface area contributed by atoms with Gasteiger partial charge in [-0.2, -0.15) is 0 Å². The number of carbonyl (C=O) groups is 1. The Morgan fingerprint density at radius 3 is 2.38 bits per heavy atom. The molecule has 1 aromatic carbocycles. The minimum absolute atomic E-state index is 0.0483. The molecule has 6 nitrogen and oxygen atoms in total. The molecule has 2 amide bonds. The summed E-state index contributed by atoms with van der Waals surface area (Å²) in [4.78, 5) is 12.6. The Kier molecular flexibility index (Phi) is 4.73. The van der Waals surface area contributed by atoms with Crippen molar-refractivity contribution < 1.29 is 18.8 Å². The summed E-state index contributed by atoms with van der Waals surface area (Å²) in [6.45, 7) is 0. The molecule has 3 N–H and O–H groups in total. The van der Waals surface area contributed by atoms with Gasteiger partial charge in [0.15, 0.2) is 5.09 Å². The first-order chi connectivity index (χ1) is 14.2. The number of anilines is 1. The highest BCUT2D eigenvalue weighted by molar-refractivity contribution is 7.97. The van der Waals surface area contributed by atoms with Crippen LogP contribution in [0.15, 0.2) is 20.7 Å². The lowest BCUT2D eigenvalue weighted by Gasteiger charge is -2.17. The van der Waals surface area contributed by atoms with Crippen molar-refractivity contribution in [2.24, 2.45) is 5.16 Å². The van der Waals surface area contributed by atoms with Crippen LogP contribution in [0.3, 0.4) is 0 Å². The van der Waals surface area contributed by atoms with Crippen LogP contribution in [-0.2, 0) is 32.1 Å². The smallest absolute Gasteiger partial charge is 0.329 e. The molecule has 0 aliphatic heterocycles. The fourth-order valence-electron chi connectivity index (χ4n) is 4.81. The minimum Gasteiger partial charge on any atom is -0.452 e. The Morgan fingerprint density at radius 2 is 1.69 bits per heavy atom. The second kappa shape index (κ2) is 7.40. The van der Waals surface area contributed by atoms with E-state index in [1.807, 2.05) is 0 Å². The van der Waals surface area contributed by atoms with Gasteiger partial charge in [-0.25, -0.2) is 9.18 Å². The van der Waals surface area contributed by atoms with Crippen LogP contribution in [-0.4, -0.2) is 17.0 Å². The number of hydrogen-bond donors (Lipinski definition) is 3. The maximum absolute atomic E-state index is 14.8. The van der Waals surface area contributed by atoms with Crippen molar-refractivity contribution in [1.29, 1.82) is 0 Å². The molecule has 0 radical (unpaired) electrons. The topological polar surface area (TPSA) is 86.9 Å². The summed E-state index contributed by atoms with van der Waals surface area (Å²) in [6, 6.07) is 1.44. The van der Waals surface area contributed by atoms with Crippen molar-refractivity contribution in [3.63, 3.8) is 0 Å². The van der Waals surface area contributed by atoms with Gasteiger partial charge in [0.05, 0.1) is 5.71 Å². The second-order valence-corrected chi connectivity index (χ2v) is 8.58. The van der Waals surface area contributed by atoms with Crippen LogP contribution in [0.2, 0.25) is 0 Å². The van der Waals surface area contributed by atoms with Crippen molar-refractivity contribution in [3.05, 3.63) is 45.5 Å². The van der Waals surface area contributed by atoms with Crippen molar-refractivity contribution in [3.8, 4) is 0 Å². The van der Waals surface area contributed by atoms with Gasteiger partial charge in [0.25, 0.3) is 0 Å². The van der Waals surface area contributed by atoms with Gasteiger partial charge < -0.3 is 14.9 Å². The van der Waals surface area contributed by atoms with Gasteiger partial charge in [-0.3, -0.25) is 4.72 Å². The van der Waals surface area contributed by atoms with Crippen LogP contribution >= 0.6 is 11.9 Å². The number of urea groups is 1. The zero-order valence-corrected chi connectivity index (χ0v) is 16.8. The van der Waals surface area contributed by atoms with Gasteiger partial charge in [-0.05, 0) is 73.6 Å². The van der Waals surface area contributed by atoms with E-state index in [1.54, 1.807) is 6.07 Å². The van der Waals surface area contributed by atoms with E-state index >= 15 is 0 Å². The lowest BCUT2D eigenvalue weighted by molar-refractivity contribution is 0.257. The predicted molar refractivity (Wildman–Crippen MR) is 108 cm³/mol. The normalized spacial score (nSPS) is 18.4. The first-order valence-corrected chi connectivity index (χ1v) is 10.9. The molecule has 3 aliphatic carbocycles. The van der Waals surface area contributed by atoms with Gasteiger partial charge >= 0.3 is 6.03 Å². The molecule has 0 unspecified atom stereocenters. The molecule has 0 atom stereocenters. The van der Waals surface area contributed by atoms with Crippen molar-refractivity contribution >= 4 is 29.4 Å². The van der Waals surface area contributed by atoms with Crippen LogP contribution in [0.1, 0.15) is 59.3 Å². The first-order valence-electron chi connectivity index (χ1n) is 10.1. The number of hydrogen-bond acceptors (Lipinski definition) is 5. The lowest BCUT2D eigenvalue weighted by Crippen LogP contribution is -2.24. The zero-order valence-electron chi connectivity index (χ0n) is 15.9. The number of halogens is 1. The molecule has 29 heavy (non-hydrogen) atoms. The molecule has 0 saturated carbocycles. The Balaban J connectivity index is 1.32. The molecular formula is C21H22FN3O3S. The van der Waals surface area contributed by atoms with Crippen molar-refractivity contribution in [1.82, 2.24) is 4.72 Å². The summed E-state index contributed by atoms with van der Waals surface area (Å²) < 4.78 is 23.3. The van der Waals surface area contributed by atoms with E-state index in [9.17, 15) is 9.18 Å². The quantitative estimate of drug-likeness (QED) is 0.384. The molecule has 1 aromatic heterocycles. The third-order valence-corrected chi connectivity index (χ3v) is 6.78. The number of benzene rings is 1. The van der Waals surface area contributed by atoms with E-state index in [1.165, 1.54) is 0 Å². The molecule has 1 heterocycles. The number of fused-ring (bicyclic) bond motifs is 3. The number of oxime groups is 1. The van der Waals surface area contributed by atoms with Gasteiger partial charge in [-0.1, -0.05) is 5.16 Å². The lowest BCUT2D eigenvalue weighted by atomic mass is 9.97. The zero-order chi connectivity index (χ0) is 20.0. The van der Waals surface area contributed by atoms with E-state index in [0.29, 0.717) is 17.2 Å². The predicted octanol–water partition coefficient (Wildman–Crippen LogP) is 4.74. The van der Waals surface area contributed by atoms with Crippen LogP contribution < -0.4 is 10.0 Å². The molecule has 0 fully saturated rings. The third-order valence-electron chi connectivity index (χ3n) is 6.09. The molecule has 2 aromatic rings. The van der Waals surface area contributed by atoms with E-state index in [0.717, 1.165) is 103 Å². The summed E-state index contributed by atoms with van der Waals surface area (Å²) in [7, 11) is 0. The average molecular weight is 415 g/mol. The summed E-state index contributed by atoms with van der Waals surface area (Å²) in [5.74, 6) is 0.732. The van der Waals surface area contributed by atoms with Crippen LogP contribution in [0.4, 0.5) is 14.9 Å². The maximum Gasteiger partial charge on any atom is 0.329 e. The highest BCUT2D eigenvalue weighted by Crippen LogP contribution is 2.41. The number of rotatable bonds is 3. The number of nitrogens with one attached hydrogen (secondary N) is 2. The number of nitrogens with zero attached hydrogens (tertiary/aromatic N) is 1. The van der Waals surface area contributed by atoms with E-state index in [2.05, 4.69) is 15.2 Å². The van der Waals surface area contributed by atoms with Crippen LogP contribution in [0.25, 0.3) is 0 Å². The standard InChI is InChI=1S/C21H22FN3O3S/c22-19-11-4-1-6-13(11)20(14-7-2-5-12(14)19)23-21(26)25-29-18-10-15-16(24-27)8-3-9-17(15)28-18/h10,27H,1-9H2,(H2,23,25,26)/b24-16+. The number of carbonyl (C=O) groups excluding carboxylic acids is 1. The Hall–Kier alpha value is -2.48. The van der Waals surface area contributed by atoms with Crippen LogP contribution in [0, 0.1) is 5.82 Å². The monoisotopic (exact) mass is 415 g/mol. The SMILES string of the molecule is O=C(NSc1cc2c(o1)CCC/C2=N\O)Nc1c2c(c(F)c3c1CCC3)CCC2. The molecular weight excluding hydrogens is 393 g/mol. The van der Waals surface area contributed by atoms with Gasteiger partial charge in [0, 0.05) is 35.7 Å². The largest absolute Gasteiger partial charge is 0.452 e. The number of amides is 2. The van der Waals surface area contributed by atoms with E-state index in [-0.39, 0.29) is 11.8 Å². The number of aryl methyl sites for hydroxylation is 1. The third kappa shape index (κ3) is 3.19. The molecule has 0 spiro atoms. The average Bonchev–Trinajstić information content (AvgIpc) is 3.47. The maximum atomic E-state index is 14.8. The van der Waals surface area contributed by atoms with E-state index < -0.39 is 0 Å². The fourth-order valence-corrected chi connectivity index (χ4v) is 5.38. The Bertz CT molecular complexity index is 996. The van der Waals surface area contributed by atoms with Gasteiger partial charge in [0.1, 0.15) is 11.6 Å². The van der Waals surface area contributed by atoms with Crippen molar-refractivity contribution in [2.75, 3.05) is 5.32 Å². The summed E-state index contributed by atoms with van der Waals surface area (Å²) in [5.41, 5.74) is 5.70. The summed E-state index contributed by atoms with van der Waals surface area (Å²) in [5, 5.41) is 16.0. The summed E-state index contributed by atoms with van der Waals surface area (Å²) >= 11 is 1.08.